The maximum absolute atomic E-state index is 10.1. The van der Waals surface area contributed by atoms with Gasteiger partial charge in [-0.15, -0.1) is 0 Å². The molecule has 0 saturated heterocycles. The first-order chi connectivity index (χ1) is 12.5. The van der Waals surface area contributed by atoms with Gasteiger partial charge in [-0.05, 0) is 80.1 Å². The van der Waals surface area contributed by atoms with Crippen molar-refractivity contribution in [3.63, 3.8) is 0 Å². The third-order valence-electron chi connectivity index (χ3n) is 7.96. The number of rotatable bonds is 5. The predicted octanol–water partition coefficient (Wildman–Crippen LogP) is 6.98. The summed E-state index contributed by atoms with van der Waals surface area (Å²) < 4.78 is 0. The second kappa shape index (κ2) is 8.46. The standard InChI is InChI=1S/C25H40O/c1-5-6-8-18(2)22-14-15-23-21(9-7-16-25(22,23)4)13-12-20-11-10-19(3)24(26)17-20/h12-13,18,22-24,26H,3,5-11,14-17H2,1-2,4H3/b20-12-,21-13+/t18-,22?,23?,24+,25+/m0/s1. The number of allylic oxidation sites excluding steroid dienone is 3. The molecule has 0 aromatic heterocycles. The van der Waals surface area contributed by atoms with Gasteiger partial charge in [0.15, 0.2) is 0 Å². The first kappa shape index (κ1) is 19.9. The van der Waals surface area contributed by atoms with E-state index in [0.29, 0.717) is 5.41 Å². The van der Waals surface area contributed by atoms with Crippen LogP contribution in [0.4, 0.5) is 0 Å². The minimum Gasteiger partial charge on any atom is -0.388 e. The molecular formula is C25H40O. The van der Waals surface area contributed by atoms with Gasteiger partial charge in [-0.25, -0.2) is 0 Å². The smallest absolute Gasteiger partial charge is 0.0784 e. The van der Waals surface area contributed by atoms with Crippen molar-refractivity contribution in [2.24, 2.45) is 23.2 Å². The van der Waals surface area contributed by atoms with Crippen LogP contribution < -0.4 is 0 Å². The fourth-order valence-corrected chi connectivity index (χ4v) is 6.30. The van der Waals surface area contributed by atoms with Crippen LogP contribution in [0.1, 0.15) is 91.4 Å². The second-order valence-electron chi connectivity index (χ2n) is 9.66. The number of aliphatic hydroxyl groups is 1. The lowest BCUT2D eigenvalue weighted by molar-refractivity contribution is 0.0934. The van der Waals surface area contributed by atoms with Gasteiger partial charge in [0.25, 0.3) is 0 Å². The van der Waals surface area contributed by atoms with Crippen molar-refractivity contribution in [2.45, 2.75) is 97.5 Å². The van der Waals surface area contributed by atoms with Crippen LogP contribution in [0.3, 0.4) is 0 Å². The van der Waals surface area contributed by atoms with E-state index in [0.717, 1.165) is 42.6 Å². The molecule has 0 heterocycles. The molecule has 3 fully saturated rings. The molecule has 1 N–H and O–H groups in total. The van der Waals surface area contributed by atoms with Gasteiger partial charge < -0.3 is 5.11 Å². The van der Waals surface area contributed by atoms with Crippen LogP contribution >= 0.6 is 0 Å². The normalized spacial score (nSPS) is 39.4. The van der Waals surface area contributed by atoms with Gasteiger partial charge in [-0.1, -0.05) is 69.9 Å². The maximum Gasteiger partial charge on any atom is 0.0784 e. The molecule has 1 nitrogen and oxygen atoms in total. The highest BCUT2D eigenvalue weighted by Gasteiger charge is 2.50. The molecule has 3 saturated carbocycles. The summed E-state index contributed by atoms with van der Waals surface area (Å²) in [5.74, 6) is 2.59. The summed E-state index contributed by atoms with van der Waals surface area (Å²) in [6.45, 7) is 11.4. The lowest BCUT2D eigenvalue weighted by atomic mass is 9.60. The molecule has 5 atom stereocenters. The van der Waals surface area contributed by atoms with Crippen LogP contribution in [0.25, 0.3) is 0 Å². The zero-order chi connectivity index (χ0) is 18.7. The molecule has 3 aliphatic carbocycles. The average Bonchev–Trinajstić information content (AvgIpc) is 2.98. The Kier molecular flexibility index (Phi) is 6.49. The van der Waals surface area contributed by atoms with Crippen LogP contribution in [0.5, 0.6) is 0 Å². The third-order valence-corrected chi connectivity index (χ3v) is 7.96. The molecule has 3 rings (SSSR count). The number of hydrogen-bond donors (Lipinski definition) is 1. The Labute approximate surface area is 161 Å². The zero-order valence-electron chi connectivity index (χ0n) is 17.4. The Morgan fingerprint density at radius 2 is 2.04 bits per heavy atom. The van der Waals surface area contributed by atoms with Crippen molar-refractivity contribution in [1.82, 2.24) is 0 Å². The molecule has 2 unspecified atom stereocenters. The number of fused-ring (bicyclic) bond motifs is 1. The number of unbranched alkanes of at least 4 members (excludes halogenated alkanes) is 1. The molecule has 0 aliphatic heterocycles. The van der Waals surface area contributed by atoms with Crippen molar-refractivity contribution in [1.29, 1.82) is 0 Å². The Hall–Kier alpha value is -0.820. The number of hydrogen-bond acceptors (Lipinski definition) is 1. The van der Waals surface area contributed by atoms with E-state index in [9.17, 15) is 5.11 Å². The Bertz CT molecular complexity index is 569. The molecule has 0 amide bonds. The number of aliphatic hydroxyl groups excluding tert-OH is 1. The summed E-state index contributed by atoms with van der Waals surface area (Å²) in [6, 6.07) is 0. The van der Waals surface area contributed by atoms with Crippen molar-refractivity contribution < 1.29 is 5.11 Å². The highest BCUT2D eigenvalue weighted by Crippen LogP contribution is 2.59. The van der Waals surface area contributed by atoms with E-state index in [1.807, 2.05) is 0 Å². The monoisotopic (exact) mass is 356 g/mol. The van der Waals surface area contributed by atoms with Crippen LogP contribution in [0.15, 0.2) is 35.5 Å². The summed E-state index contributed by atoms with van der Waals surface area (Å²) in [4.78, 5) is 0. The molecule has 0 aromatic rings. The summed E-state index contributed by atoms with van der Waals surface area (Å²) in [5, 5.41) is 10.1. The molecular weight excluding hydrogens is 316 g/mol. The second-order valence-corrected chi connectivity index (χ2v) is 9.66. The van der Waals surface area contributed by atoms with Crippen LogP contribution in [-0.2, 0) is 0 Å². The Balaban J connectivity index is 1.72. The van der Waals surface area contributed by atoms with Crippen LogP contribution in [0.2, 0.25) is 0 Å². The van der Waals surface area contributed by atoms with Gasteiger partial charge in [0, 0.05) is 0 Å². The highest BCUT2D eigenvalue weighted by molar-refractivity contribution is 5.28. The summed E-state index contributed by atoms with van der Waals surface area (Å²) >= 11 is 0. The highest BCUT2D eigenvalue weighted by atomic mass is 16.3. The molecule has 1 heteroatoms. The predicted molar refractivity (Wildman–Crippen MR) is 112 cm³/mol. The largest absolute Gasteiger partial charge is 0.388 e. The fourth-order valence-electron chi connectivity index (χ4n) is 6.30. The van der Waals surface area contributed by atoms with E-state index in [-0.39, 0.29) is 6.10 Å². The summed E-state index contributed by atoms with van der Waals surface area (Å²) in [7, 11) is 0. The first-order valence-electron chi connectivity index (χ1n) is 11.2. The minimum atomic E-state index is -0.319. The Morgan fingerprint density at radius 3 is 2.77 bits per heavy atom. The third kappa shape index (κ3) is 4.03. The lowest BCUT2D eigenvalue weighted by Gasteiger charge is -2.44. The van der Waals surface area contributed by atoms with E-state index in [4.69, 9.17) is 0 Å². The zero-order valence-corrected chi connectivity index (χ0v) is 17.4. The van der Waals surface area contributed by atoms with Gasteiger partial charge in [0.05, 0.1) is 6.10 Å². The maximum atomic E-state index is 10.1. The van der Waals surface area contributed by atoms with E-state index >= 15 is 0 Å². The molecule has 0 bridgehead atoms. The van der Waals surface area contributed by atoms with Crippen molar-refractivity contribution in [3.8, 4) is 0 Å². The van der Waals surface area contributed by atoms with E-state index in [1.165, 1.54) is 56.9 Å². The van der Waals surface area contributed by atoms with Gasteiger partial charge in [-0.2, -0.15) is 0 Å². The lowest BCUT2D eigenvalue weighted by Crippen LogP contribution is -2.36. The van der Waals surface area contributed by atoms with Crippen molar-refractivity contribution in [3.05, 3.63) is 35.5 Å². The van der Waals surface area contributed by atoms with Gasteiger partial charge in [0.2, 0.25) is 0 Å². The van der Waals surface area contributed by atoms with Gasteiger partial charge >= 0.3 is 0 Å². The molecule has 146 valence electrons. The van der Waals surface area contributed by atoms with Gasteiger partial charge in [0.1, 0.15) is 0 Å². The van der Waals surface area contributed by atoms with Gasteiger partial charge in [-0.3, -0.25) is 0 Å². The molecule has 0 aromatic carbocycles. The van der Waals surface area contributed by atoms with Crippen LogP contribution in [-0.4, -0.2) is 11.2 Å². The summed E-state index contributed by atoms with van der Waals surface area (Å²) in [6.07, 6.45) is 18.3. The quantitative estimate of drug-likeness (QED) is 0.527. The van der Waals surface area contributed by atoms with Crippen molar-refractivity contribution >= 4 is 0 Å². The fraction of sp³-hybridized carbons (Fsp3) is 0.760. The van der Waals surface area contributed by atoms with E-state index in [2.05, 4.69) is 39.5 Å². The minimum absolute atomic E-state index is 0.319. The molecule has 0 spiro atoms. The van der Waals surface area contributed by atoms with Crippen molar-refractivity contribution in [2.75, 3.05) is 0 Å². The molecule has 0 radical (unpaired) electrons. The Morgan fingerprint density at radius 1 is 1.23 bits per heavy atom. The summed E-state index contributed by atoms with van der Waals surface area (Å²) in [5.41, 5.74) is 4.65. The topological polar surface area (TPSA) is 20.2 Å². The molecule has 26 heavy (non-hydrogen) atoms. The first-order valence-corrected chi connectivity index (χ1v) is 11.2. The van der Waals surface area contributed by atoms with E-state index in [1.54, 1.807) is 5.57 Å². The average molecular weight is 357 g/mol. The SMILES string of the molecule is C=C1CC/C(=C/C=C2\CCC[C@@]3(C)C2CCC3[C@@H](C)CCCC)C[C@H]1O. The van der Waals surface area contributed by atoms with E-state index < -0.39 is 0 Å². The van der Waals surface area contributed by atoms with Crippen LogP contribution in [0, 0.1) is 23.2 Å². The molecule has 3 aliphatic rings.